The van der Waals surface area contributed by atoms with Gasteiger partial charge >= 0.3 is 0 Å². The van der Waals surface area contributed by atoms with Gasteiger partial charge in [0.1, 0.15) is 12.3 Å². The highest BCUT2D eigenvalue weighted by molar-refractivity contribution is 5.47. The monoisotopic (exact) mass is 276 g/mol. The Morgan fingerprint density at radius 2 is 2.20 bits per heavy atom. The van der Waals surface area contributed by atoms with Gasteiger partial charge in [0.25, 0.3) is 0 Å². The Bertz CT molecular complexity index is 566. The molecule has 0 aliphatic heterocycles. The van der Waals surface area contributed by atoms with Crippen molar-refractivity contribution < 1.29 is 9.47 Å². The van der Waals surface area contributed by atoms with E-state index in [4.69, 9.17) is 15.2 Å². The summed E-state index contributed by atoms with van der Waals surface area (Å²) in [7, 11) is 3.45. The van der Waals surface area contributed by atoms with Gasteiger partial charge in [-0.15, -0.1) is 5.10 Å². The number of aryl methyl sites for hydroxylation is 1. The minimum absolute atomic E-state index is 0.0565. The van der Waals surface area contributed by atoms with Gasteiger partial charge in [0.2, 0.25) is 0 Å². The van der Waals surface area contributed by atoms with Crippen molar-refractivity contribution in [1.82, 2.24) is 15.0 Å². The standard InChI is InChI=1S/C14H20N4O2/c1-10(15)7-11-5-4-6-13(19-3)14(11)20-9-12-8-18(2)17-16-12/h4-6,8,10H,7,9,15H2,1-3H3. The molecule has 1 atom stereocenters. The highest BCUT2D eigenvalue weighted by Gasteiger charge is 2.13. The Labute approximate surface area is 118 Å². The van der Waals surface area contributed by atoms with Gasteiger partial charge in [-0.2, -0.15) is 0 Å². The molecule has 0 saturated heterocycles. The van der Waals surface area contributed by atoms with E-state index in [-0.39, 0.29) is 6.04 Å². The number of ether oxygens (including phenoxy) is 2. The van der Waals surface area contributed by atoms with Crippen LogP contribution in [0.15, 0.2) is 24.4 Å². The van der Waals surface area contributed by atoms with Crippen molar-refractivity contribution in [2.24, 2.45) is 12.8 Å². The molecule has 1 aromatic carbocycles. The Kier molecular flexibility index (Phi) is 4.57. The molecule has 20 heavy (non-hydrogen) atoms. The van der Waals surface area contributed by atoms with Crippen LogP contribution >= 0.6 is 0 Å². The molecule has 108 valence electrons. The van der Waals surface area contributed by atoms with Crippen molar-refractivity contribution in [2.45, 2.75) is 26.0 Å². The summed E-state index contributed by atoms with van der Waals surface area (Å²) in [6.45, 7) is 2.31. The van der Waals surface area contributed by atoms with E-state index in [2.05, 4.69) is 10.3 Å². The molecule has 0 amide bonds. The number of hydrogen-bond acceptors (Lipinski definition) is 5. The molecule has 2 rings (SSSR count). The molecular weight excluding hydrogens is 256 g/mol. The smallest absolute Gasteiger partial charge is 0.164 e. The average molecular weight is 276 g/mol. The summed E-state index contributed by atoms with van der Waals surface area (Å²) in [6.07, 6.45) is 2.55. The normalized spacial score (nSPS) is 12.2. The van der Waals surface area contributed by atoms with Gasteiger partial charge in [0.15, 0.2) is 11.5 Å². The topological polar surface area (TPSA) is 75.2 Å². The van der Waals surface area contributed by atoms with E-state index in [0.717, 1.165) is 23.4 Å². The van der Waals surface area contributed by atoms with E-state index >= 15 is 0 Å². The molecule has 0 aliphatic rings. The quantitative estimate of drug-likeness (QED) is 0.860. The number of benzene rings is 1. The van der Waals surface area contributed by atoms with E-state index in [9.17, 15) is 0 Å². The Morgan fingerprint density at radius 3 is 2.80 bits per heavy atom. The molecule has 0 saturated carbocycles. The molecule has 0 spiro atoms. The van der Waals surface area contributed by atoms with Crippen molar-refractivity contribution in [1.29, 1.82) is 0 Å². The molecule has 2 aromatic rings. The minimum atomic E-state index is 0.0565. The molecule has 6 nitrogen and oxygen atoms in total. The van der Waals surface area contributed by atoms with E-state index in [1.807, 2.05) is 38.4 Å². The van der Waals surface area contributed by atoms with Crippen LogP contribution in [-0.2, 0) is 20.1 Å². The second-order valence-electron chi connectivity index (χ2n) is 4.80. The summed E-state index contributed by atoms with van der Waals surface area (Å²) in [4.78, 5) is 0. The highest BCUT2D eigenvalue weighted by Crippen LogP contribution is 2.32. The molecule has 1 heterocycles. The SMILES string of the molecule is COc1cccc(CC(C)N)c1OCc1cn(C)nn1. The number of nitrogens with two attached hydrogens (primary N) is 1. The minimum Gasteiger partial charge on any atom is -0.493 e. The molecular formula is C14H20N4O2. The summed E-state index contributed by atoms with van der Waals surface area (Å²) < 4.78 is 12.9. The maximum Gasteiger partial charge on any atom is 0.164 e. The first-order chi connectivity index (χ1) is 9.60. The fourth-order valence-electron chi connectivity index (χ4n) is 2.00. The third kappa shape index (κ3) is 3.48. The summed E-state index contributed by atoms with van der Waals surface area (Å²) in [5, 5.41) is 7.88. The second kappa shape index (κ2) is 6.38. The van der Waals surface area contributed by atoms with Gasteiger partial charge in [-0.25, -0.2) is 0 Å². The van der Waals surface area contributed by atoms with Gasteiger partial charge in [-0.1, -0.05) is 17.3 Å². The summed E-state index contributed by atoms with van der Waals surface area (Å²) >= 11 is 0. The van der Waals surface area contributed by atoms with E-state index in [1.54, 1.807) is 11.8 Å². The van der Waals surface area contributed by atoms with Gasteiger partial charge in [-0.05, 0) is 25.0 Å². The van der Waals surface area contributed by atoms with Crippen molar-refractivity contribution in [3.8, 4) is 11.5 Å². The second-order valence-corrected chi connectivity index (χ2v) is 4.80. The number of para-hydroxylation sites is 1. The molecule has 0 aliphatic carbocycles. The predicted octanol–water partition coefficient (Wildman–Crippen LogP) is 1.29. The lowest BCUT2D eigenvalue weighted by Crippen LogP contribution is -2.18. The van der Waals surface area contributed by atoms with Gasteiger partial charge in [0, 0.05) is 13.1 Å². The predicted molar refractivity (Wildman–Crippen MR) is 75.7 cm³/mol. The number of aromatic nitrogens is 3. The molecule has 0 bridgehead atoms. The first kappa shape index (κ1) is 14.3. The lowest BCUT2D eigenvalue weighted by molar-refractivity contribution is 0.277. The van der Waals surface area contributed by atoms with Crippen LogP contribution in [0.4, 0.5) is 0 Å². The molecule has 0 radical (unpaired) electrons. The molecule has 2 N–H and O–H groups in total. The fraction of sp³-hybridized carbons (Fsp3) is 0.429. The third-order valence-corrected chi connectivity index (χ3v) is 2.84. The number of hydrogen-bond donors (Lipinski definition) is 1. The summed E-state index contributed by atoms with van der Waals surface area (Å²) in [6, 6.07) is 5.86. The number of nitrogens with zero attached hydrogens (tertiary/aromatic N) is 3. The molecule has 1 aromatic heterocycles. The zero-order valence-electron chi connectivity index (χ0n) is 12.0. The van der Waals surface area contributed by atoms with Crippen LogP contribution in [-0.4, -0.2) is 28.1 Å². The number of rotatable bonds is 6. The Hall–Kier alpha value is -2.08. The average Bonchev–Trinajstić information content (AvgIpc) is 2.82. The lowest BCUT2D eigenvalue weighted by Gasteiger charge is -2.15. The number of methoxy groups -OCH3 is 1. The lowest BCUT2D eigenvalue weighted by atomic mass is 10.1. The molecule has 1 unspecified atom stereocenters. The molecule has 6 heteroatoms. The van der Waals surface area contributed by atoms with Crippen LogP contribution in [0, 0.1) is 0 Å². The third-order valence-electron chi connectivity index (χ3n) is 2.84. The fourth-order valence-corrected chi connectivity index (χ4v) is 2.00. The van der Waals surface area contributed by atoms with Crippen LogP contribution in [0.5, 0.6) is 11.5 Å². The maximum absolute atomic E-state index is 5.87. The maximum atomic E-state index is 5.87. The summed E-state index contributed by atoms with van der Waals surface area (Å²) in [5.41, 5.74) is 7.67. The van der Waals surface area contributed by atoms with Gasteiger partial charge in [0.05, 0.1) is 13.3 Å². The zero-order chi connectivity index (χ0) is 14.5. The van der Waals surface area contributed by atoms with E-state index in [1.165, 1.54) is 0 Å². The van der Waals surface area contributed by atoms with E-state index in [0.29, 0.717) is 12.4 Å². The zero-order valence-corrected chi connectivity index (χ0v) is 12.0. The van der Waals surface area contributed by atoms with Crippen molar-refractivity contribution in [3.05, 3.63) is 35.7 Å². The van der Waals surface area contributed by atoms with Crippen LogP contribution in [0.2, 0.25) is 0 Å². The Balaban J connectivity index is 2.19. The van der Waals surface area contributed by atoms with Crippen LogP contribution in [0.3, 0.4) is 0 Å². The van der Waals surface area contributed by atoms with Gasteiger partial charge in [-0.3, -0.25) is 4.68 Å². The van der Waals surface area contributed by atoms with E-state index < -0.39 is 0 Å². The van der Waals surface area contributed by atoms with Crippen molar-refractivity contribution in [2.75, 3.05) is 7.11 Å². The largest absolute Gasteiger partial charge is 0.493 e. The van der Waals surface area contributed by atoms with Crippen molar-refractivity contribution in [3.63, 3.8) is 0 Å². The summed E-state index contributed by atoms with van der Waals surface area (Å²) in [5.74, 6) is 1.42. The molecule has 0 fully saturated rings. The van der Waals surface area contributed by atoms with Crippen LogP contribution in [0.25, 0.3) is 0 Å². The first-order valence-electron chi connectivity index (χ1n) is 6.49. The Morgan fingerprint density at radius 1 is 1.40 bits per heavy atom. The first-order valence-corrected chi connectivity index (χ1v) is 6.49. The van der Waals surface area contributed by atoms with Crippen molar-refractivity contribution >= 4 is 0 Å². The van der Waals surface area contributed by atoms with Crippen LogP contribution < -0.4 is 15.2 Å². The van der Waals surface area contributed by atoms with Crippen LogP contribution in [0.1, 0.15) is 18.2 Å². The highest BCUT2D eigenvalue weighted by atomic mass is 16.5. The van der Waals surface area contributed by atoms with Gasteiger partial charge < -0.3 is 15.2 Å².